The fraction of sp³-hybridized carbons (Fsp3) is 0.581. The Bertz CT molecular complexity index is 1200. The third-order valence-electron chi connectivity index (χ3n) is 7.26. The molecule has 3 aromatic rings. The molecule has 2 aliphatic rings. The standard InChI is InChI=1S/C15H23N3.C11H13FN2.C5H10O/c1-3-4-13-12(2)16-8-5-14(13)18-10-9-17-15(11-18)6-7-15;1-3-4-8-5-6-10-9(11(8)12)7-14(2)13-10;1-3-4-5(2)6/h5,8,17H,3-4,6-7,9-11H2,1-2H3;5-7H,3-4H2,1-2H3;3-4H2,1-2H3. The van der Waals surface area contributed by atoms with Gasteiger partial charge in [0, 0.05) is 62.4 Å². The van der Waals surface area contributed by atoms with E-state index in [4.69, 9.17) is 0 Å². The fourth-order valence-electron chi connectivity index (χ4n) is 5.12. The Kier molecular flexibility index (Phi) is 10.8. The van der Waals surface area contributed by atoms with E-state index in [2.05, 4.69) is 40.2 Å². The van der Waals surface area contributed by atoms with Crippen LogP contribution in [-0.4, -0.2) is 45.7 Å². The van der Waals surface area contributed by atoms with Crippen LogP contribution in [0.15, 0.2) is 30.6 Å². The Balaban J connectivity index is 0.000000178. The number of hydrogen-bond donors (Lipinski definition) is 1. The number of ketones is 1. The first kappa shape index (κ1) is 29.8. The minimum Gasteiger partial charge on any atom is -0.368 e. The van der Waals surface area contributed by atoms with E-state index in [9.17, 15) is 9.18 Å². The average molecular weight is 524 g/mol. The number of piperazine rings is 1. The fourth-order valence-corrected chi connectivity index (χ4v) is 5.12. The predicted molar refractivity (Wildman–Crippen MR) is 155 cm³/mol. The molecule has 1 aliphatic heterocycles. The summed E-state index contributed by atoms with van der Waals surface area (Å²) in [5.41, 5.74) is 6.05. The molecule has 0 amide bonds. The molecule has 1 spiro atoms. The van der Waals surface area contributed by atoms with Gasteiger partial charge in [0.15, 0.2) is 0 Å². The molecule has 2 fully saturated rings. The van der Waals surface area contributed by atoms with Crippen LogP contribution in [0.4, 0.5) is 10.1 Å². The summed E-state index contributed by atoms with van der Waals surface area (Å²) in [5, 5.41) is 8.45. The number of halogens is 1. The number of rotatable bonds is 7. The van der Waals surface area contributed by atoms with E-state index in [1.165, 1.54) is 42.8 Å². The van der Waals surface area contributed by atoms with Crippen molar-refractivity contribution < 1.29 is 9.18 Å². The summed E-state index contributed by atoms with van der Waals surface area (Å²) in [6, 6.07) is 5.91. The Morgan fingerprint density at radius 3 is 2.45 bits per heavy atom. The van der Waals surface area contributed by atoms with Gasteiger partial charge in [0.1, 0.15) is 11.6 Å². The van der Waals surface area contributed by atoms with Crippen LogP contribution < -0.4 is 10.2 Å². The molecule has 1 saturated carbocycles. The first-order chi connectivity index (χ1) is 18.2. The zero-order chi connectivity index (χ0) is 27.7. The molecule has 208 valence electrons. The van der Waals surface area contributed by atoms with E-state index in [-0.39, 0.29) is 11.6 Å². The Morgan fingerprint density at radius 2 is 1.84 bits per heavy atom. The van der Waals surface area contributed by atoms with Crippen LogP contribution in [-0.2, 0) is 24.7 Å². The van der Waals surface area contributed by atoms with Crippen molar-refractivity contribution in [3.05, 3.63) is 53.2 Å². The highest BCUT2D eigenvalue weighted by molar-refractivity contribution is 5.79. The van der Waals surface area contributed by atoms with Gasteiger partial charge in [0.2, 0.25) is 0 Å². The summed E-state index contributed by atoms with van der Waals surface area (Å²) in [5.74, 6) is 0.176. The number of hydrogen-bond acceptors (Lipinski definition) is 5. The molecule has 5 rings (SSSR count). The first-order valence-electron chi connectivity index (χ1n) is 14.3. The monoisotopic (exact) mass is 523 g/mol. The van der Waals surface area contributed by atoms with Crippen LogP contribution in [0, 0.1) is 12.7 Å². The van der Waals surface area contributed by atoms with Gasteiger partial charge in [0.25, 0.3) is 0 Å². The van der Waals surface area contributed by atoms with Crippen molar-refractivity contribution in [1.29, 1.82) is 0 Å². The molecular formula is C31H46FN5O. The largest absolute Gasteiger partial charge is 0.368 e. The van der Waals surface area contributed by atoms with E-state index >= 15 is 0 Å². The molecule has 1 aromatic carbocycles. The third-order valence-corrected chi connectivity index (χ3v) is 7.26. The highest BCUT2D eigenvalue weighted by atomic mass is 19.1. The van der Waals surface area contributed by atoms with E-state index in [1.807, 2.05) is 32.2 Å². The average Bonchev–Trinajstić information content (AvgIpc) is 3.50. The number of aromatic nitrogens is 3. The maximum atomic E-state index is 13.8. The summed E-state index contributed by atoms with van der Waals surface area (Å²) in [7, 11) is 1.80. The number of aryl methyl sites for hydroxylation is 3. The lowest BCUT2D eigenvalue weighted by molar-refractivity contribution is -0.117. The number of anilines is 1. The number of nitrogens with one attached hydrogen (secondary N) is 1. The van der Waals surface area contributed by atoms with Gasteiger partial charge in [-0.3, -0.25) is 9.67 Å². The SMILES string of the molecule is CCCC(C)=O.CCCc1c(N2CCNC3(CC3)C2)ccnc1C.CCCc1ccc2nn(C)cc2c1F. The molecule has 0 atom stereocenters. The van der Waals surface area contributed by atoms with Crippen LogP contribution in [0.3, 0.4) is 0 Å². The van der Waals surface area contributed by atoms with Gasteiger partial charge in [-0.15, -0.1) is 0 Å². The third kappa shape index (κ3) is 7.85. The zero-order valence-electron chi connectivity index (χ0n) is 24.2. The second-order valence-electron chi connectivity index (χ2n) is 10.7. The molecule has 7 heteroatoms. The van der Waals surface area contributed by atoms with Crippen molar-refractivity contribution in [1.82, 2.24) is 20.1 Å². The van der Waals surface area contributed by atoms with Crippen molar-refractivity contribution in [2.75, 3.05) is 24.5 Å². The Morgan fingerprint density at radius 1 is 1.11 bits per heavy atom. The van der Waals surface area contributed by atoms with Gasteiger partial charge < -0.3 is 15.0 Å². The normalized spacial score (nSPS) is 15.5. The van der Waals surface area contributed by atoms with E-state index in [1.54, 1.807) is 24.9 Å². The second-order valence-corrected chi connectivity index (χ2v) is 10.7. The van der Waals surface area contributed by atoms with Crippen molar-refractivity contribution in [2.24, 2.45) is 7.05 Å². The quantitative estimate of drug-likeness (QED) is 0.392. The molecule has 0 radical (unpaired) electrons. The van der Waals surface area contributed by atoms with E-state index < -0.39 is 0 Å². The lowest BCUT2D eigenvalue weighted by Crippen LogP contribution is -2.52. The number of nitrogens with zero attached hydrogens (tertiary/aromatic N) is 4. The molecule has 1 aliphatic carbocycles. The first-order valence-corrected chi connectivity index (χ1v) is 14.3. The molecule has 2 aromatic heterocycles. The topological polar surface area (TPSA) is 63.1 Å². The van der Waals surface area contributed by atoms with E-state index in [0.29, 0.717) is 10.9 Å². The number of benzene rings is 1. The molecule has 1 N–H and O–H groups in total. The number of carbonyl (C=O) groups excluding carboxylic acids is 1. The van der Waals surface area contributed by atoms with Gasteiger partial charge in [-0.25, -0.2) is 4.39 Å². The molecule has 3 heterocycles. The molecule has 0 unspecified atom stereocenters. The summed E-state index contributed by atoms with van der Waals surface area (Å²) in [6.07, 6.45) is 12.2. The Hall–Kier alpha value is -2.80. The molecule has 0 bridgehead atoms. The highest BCUT2D eigenvalue weighted by Gasteiger charge is 2.45. The summed E-state index contributed by atoms with van der Waals surface area (Å²) >= 11 is 0. The Labute approximate surface area is 228 Å². The smallest absolute Gasteiger partial charge is 0.137 e. The van der Waals surface area contributed by atoms with Crippen LogP contribution in [0.25, 0.3) is 10.9 Å². The molecule has 6 nitrogen and oxygen atoms in total. The van der Waals surface area contributed by atoms with Gasteiger partial charge in [-0.1, -0.05) is 39.7 Å². The van der Waals surface area contributed by atoms with Gasteiger partial charge in [0.05, 0.1) is 10.9 Å². The van der Waals surface area contributed by atoms with Crippen molar-refractivity contribution in [3.63, 3.8) is 0 Å². The lowest BCUT2D eigenvalue weighted by atomic mass is 10.0. The predicted octanol–water partition coefficient (Wildman–Crippen LogP) is 6.33. The van der Waals surface area contributed by atoms with Crippen LogP contribution in [0.1, 0.15) is 83.0 Å². The van der Waals surface area contributed by atoms with Crippen LogP contribution in [0.5, 0.6) is 0 Å². The number of fused-ring (bicyclic) bond motifs is 1. The zero-order valence-corrected chi connectivity index (χ0v) is 24.2. The maximum Gasteiger partial charge on any atom is 0.137 e. The second kappa shape index (κ2) is 13.8. The summed E-state index contributed by atoms with van der Waals surface area (Å²) in [6.45, 7) is 13.5. The highest BCUT2D eigenvalue weighted by Crippen LogP contribution is 2.39. The number of Topliss-reactive ketones (excluding diaryl/α,β-unsaturated/α-hetero) is 1. The van der Waals surface area contributed by atoms with Gasteiger partial charge in [-0.2, -0.15) is 5.10 Å². The molecule has 38 heavy (non-hydrogen) atoms. The lowest BCUT2D eigenvalue weighted by Gasteiger charge is -2.37. The minimum absolute atomic E-state index is 0.113. The van der Waals surface area contributed by atoms with Crippen LogP contribution in [0.2, 0.25) is 0 Å². The van der Waals surface area contributed by atoms with Crippen LogP contribution >= 0.6 is 0 Å². The molecular weight excluding hydrogens is 477 g/mol. The number of carbonyl (C=O) groups is 1. The van der Waals surface area contributed by atoms with E-state index in [0.717, 1.165) is 56.3 Å². The van der Waals surface area contributed by atoms with Crippen molar-refractivity contribution in [3.8, 4) is 0 Å². The number of pyridine rings is 1. The van der Waals surface area contributed by atoms with Crippen molar-refractivity contribution in [2.45, 2.75) is 91.5 Å². The van der Waals surface area contributed by atoms with Gasteiger partial charge >= 0.3 is 0 Å². The summed E-state index contributed by atoms with van der Waals surface area (Å²) in [4.78, 5) is 17.1. The maximum absolute atomic E-state index is 13.8. The minimum atomic E-state index is -0.113. The summed E-state index contributed by atoms with van der Waals surface area (Å²) < 4.78 is 15.5. The van der Waals surface area contributed by atoms with Gasteiger partial charge in [-0.05, 0) is 69.2 Å². The molecule has 1 saturated heterocycles. The van der Waals surface area contributed by atoms with Crippen molar-refractivity contribution >= 4 is 22.4 Å².